The summed E-state index contributed by atoms with van der Waals surface area (Å²) in [4.78, 5) is 28.3. The lowest BCUT2D eigenvalue weighted by atomic mass is 10.1. The van der Waals surface area contributed by atoms with Gasteiger partial charge in [-0.1, -0.05) is 26.7 Å². The Bertz CT molecular complexity index is 877. The van der Waals surface area contributed by atoms with Crippen molar-refractivity contribution in [3.8, 4) is 0 Å². The van der Waals surface area contributed by atoms with E-state index in [0.29, 0.717) is 29.7 Å². The zero-order valence-electron chi connectivity index (χ0n) is 18.4. The molecule has 0 fully saturated rings. The predicted octanol–water partition coefficient (Wildman–Crippen LogP) is 4.34. The van der Waals surface area contributed by atoms with E-state index in [1.807, 2.05) is 6.92 Å². The van der Waals surface area contributed by atoms with Crippen LogP contribution < -0.4 is 4.90 Å². The standard InChI is InChI=1S/C22H33BrN2O4S/c1-5-7-10-24(11-8-6-2)22(27)9-12-30(28,29)21-15-20-18(14-19(21)23)13-16(3)25(20)17(4)26/h14-16H,5-13H2,1-4H3. The smallest absolute Gasteiger partial charge is 0.224 e. The highest BCUT2D eigenvalue weighted by Gasteiger charge is 2.32. The molecule has 1 aromatic rings. The predicted molar refractivity (Wildman–Crippen MR) is 124 cm³/mol. The minimum absolute atomic E-state index is 0.00498. The van der Waals surface area contributed by atoms with E-state index in [1.165, 1.54) is 6.92 Å². The Morgan fingerprint density at radius 2 is 1.77 bits per heavy atom. The average Bonchev–Trinajstić information content (AvgIpc) is 3.00. The van der Waals surface area contributed by atoms with Gasteiger partial charge >= 0.3 is 0 Å². The molecular weight excluding hydrogens is 468 g/mol. The normalized spacial score (nSPS) is 15.9. The van der Waals surface area contributed by atoms with Crippen molar-refractivity contribution >= 4 is 43.3 Å². The van der Waals surface area contributed by atoms with Crippen molar-refractivity contribution in [3.05, 3.63) is 22.2 Å². The Balaban J connectivity index is 2.19. The highest BCUT2D eigenvalue weighted by atomic mass is 79.9. The number of sulfone groups is 1. The molecule has 1 unspecified atom stereocenters. The highest BCUT2D eigenvalue weighted by Crippen LogP contribution is 2.38. The number of hydrogen-bond donors (Lipinski definition) is 0. The quantitative estimate of drug-likeness (QED) is 0.478. The Hall–Kier alpha value is -1.41. The molecule has 8 heteroatoms. The molecule has 0 aliphatic carbocycles. The van der Waals surface area contributed by atoms with E-state index in [0.717, 1.165) is 31.2 Å². The Morgan fingerprint density at radius 1 is 1.17 bits per heavy atom. The molecule has 0 saturated heterocycles. The van der Waals surface area contributed by atoms with E-state index >= 15 is 0 Å². The van der Waals surface area contributed by atoms with Crippen molar-refractivity contribution in [3.63, 3.8) is 0 Å². The molecular formula is C22H33BrN2O4S. The van der Waals surface area contributed by atoms with Crippen LogP contribution in [0.3, 0.4) is 0 Å². The van der Waals surface area contributed by atoms with Crippen molar-refractivity contribution in [1.29, 1.82) is 0 Å². The number of fused-ring (bicyclic) bond motifs is 1. The van der Waals surface area contributed by atoms with Crippen LogP contribution in [0.15, 0.2) is 21.5 Å². The second-order valence-electron chi connectivity index (χ2n) is 8.01. The van der Waals surface area contributed by atoms with E-state index in [9.17, 15) is 18.0 Å². The van der Waals surface area contributed by atoms with Crippen LogP contribution >= 0.6 is 15.9 Å². The molecule has 1 atom stereocenters. The van der Waals surface area contributed by atoms with Crippen LogP contribution in [0.2, 0.25) is 0 Å². The first-order chi connectivity index (χ1) is 14.1. The van der Waals surface area contributed by atoms with Crippen LogP contribution in [-0.4, -0.2) is 50.0 Å². The van der Waals surface area contributed by atoms with Gasteiger partial charge in [0.2, 0.25) is 11.8 Å². The number of anilines is 1. The van der Waals surface area contributed by atoms with Crippen LogP contribution in [0.4, 0.5) is 5.69 Å². The van der Waals surface area contributed by atoms with Gasteiger partial charge in [0, 0.05) is 42.6 Å². The second kappa shape index (κ2) is 10.8. The minimum atomic E-state index is -3.68. The third-order valence-corrected chi connectivity index (χ3v) is 8.19. The van der Waals surface area contributed by atoms with Crippen molar-refractivity contribution in [2.24, 2.45) is 0 Å². The van der Waals surface area contributed by atoms with Crippen LogP contribution in [0.5, 0.6) is 0 Å². The Morgan fingerprint density at radius 3 is 2.30 bits per heavy atom. The molecule has 30 heavy (non-hydrogen) atoms. The fourth-order valence-corrected chi connectivity index (χ4v) is 6.33. The molecule has 0 aromatic heterocycles. The first kappa shape index (κ1) is 24.9. The minimum Gasteiger partial charge on any atom is -0.343 e. The van der Waals surface area contributed by atoms with Gasteiger partial charge < -0.3 is 9.80 Å². The molecule has 0 saturated carbocycles. The number of nitrogens with zero attached hydrogens (tertiary/aromatic N) is 2. The summed E-state index contributed by atoms with van der Waals surface area (Å²) in [6, 6.07) is 3.36. The van der Waals surface area contributed by atoms with E-state index < -0.39 is 9.84 Å². The molecule has 0 spiro atoms. The lowest BCUT2D eigenvalue weighted by molar-refractivity contribution is -0.131. The first-order valence-electron chi connectivity index (χ1n) is 10.7. The number of rotatable bonds is 10. The summed E-state index contributed by atoms with van der Waals surface area (Å²) in [5.41, 5.74) is 1.60. The van der Waals surface area contributed by atoms with Gasteiger partial charge in [-0.25, -0.2) is 8.42 Å². The van der Waals surface area contributed by atoms with E-state index in [1.54, 1.807) is 21.9 Å². The average molecular weight is 501 g/mol. The molecule has 6 nitrogen and oxygen atoms in total. The maximum atomic E-state index is 13.1. The molecule has 1 heterocycles. The number of halogens is 1. The summed E-state index contributed by atoms with van der Waals surface area (Å²) in [6.07, 6.45) is 4.46. The molecule has 0 N–H and O–H groups in total. The zero-order valence-corrected chi connectivity index (χ0v) is 20.8. The number of unbranched alkanes of at least 4 members (excludes halogenated alkanes) is 2. The number of carbonyl (C=O) groups excluding carboxylic acids is 2. The lowest BCUT2D eigenvalue weighted by Gasteiger charge is -2.23. The summed E-state index contributed by atoms with van der Waals surface area (Å²) < 4.78 is 26.6. The first-order valence-corrected chi connectivity index (χ1v) is 13.2. The Kier molecular flexibility index (Phi) is 8.91. The van der Waals surface area contributed by atoms with Gasteiger partial charge in [0.25, 0.3) is 0 Å². The SMILES string of the molecule is CCCCN(CCCC)C(=O)CCS(=O)(=O)c1cc2c(cc1Br)CC(C)N2C(C)=O. The van der Waals surface area contributed by atoms with Crippen molar-refractivity contribution in [1.82, 2.24) is 4.90 Å². The third-order valence-electron chi connectivity index (χ3n) is 5.52. The van der Waals surface area contributed by atoms with Crippen molar-refractivity contribution in [2.75, 3.05) is 23.7 Å². The fraction of sp³-hybridized carbons (Fsp3) is 0.636. The van der Waals surface area contributed by atoms with E-state index in [2.05, 4.69) is 29.8 Å². The summed E-state index contributed by atoms with van der Waals surface area (Å²) in [5, 5.41) is 0. The molecule has 168 valence electrons. The van der Waals surface area contributed by atoms with Gasteiger partial charge in [-0.15, -0.1) is 0 Å². The van der Waals surface area contributed by atoms with Crippen LogP contribution in [0, 0.1) is 0 Å². The number of hydrogen-bond acceptors (Lipinski definition) is 4. The van der Waals surface area contributed by atoms with E-state index in [4.69, 9.17) is 0 Å². The van der Waals surface area contributed by atoms with Crippen molar-refractivity contribution < 1.29 is 18.0 Å². The van der Waals surface area contributed by atoms with Crippen LogP contribution in [0.25, 0.3) is 0 Å². The second-order valence-corrected chi connectivity index (χ2v) is 10.9. The lowest BCUT2D eigenvalue weighted by Crippen LogP contribution is -2.34. The molecule has 0 bridgehead atoms. The molecule has 2 rings (SSSR count). The van der Waals surface area contributed by atoms with Gasteiger partial charge in [0.15, 0.2) is 9.84 Å². The van der Waals surface area contributed by atoms with Crippen molar-refractivity contribution in [2.45, 2.75) is 77.2 Å². The fourth-order valence-electron chi connectivity index (χ4n) is 3.89. The molecule has 1 aliphatic heterocycles. The number of benzene rings is 1. The third kappa shape index (κ3) is 5.84. The monoisotopic (exact) mass is 500 g/mol. The summed E-state index contributed by atoms with van der Waals surface area (Å²) in [7, 11) is -3.68. The van der Waals surface area contributed by atoms with Gasteiger partial charge in [-0.2, -0.15) is 0 Å². The maximum absolute atomic E-state index is 13.1. The molecule has 1 aliphatic rings. The largest absolute Gasteiger partial charge is 0.343 e. The molecule has 1 aromatic carbocycles. The number of amides is 2. The highest BCUT2D eigenvalue weighted by molar-refractivity contribution is 9.10. The van der Waals surface area contributed by atoms with Gasteiger partial charge in [-0.3, -0.25) is 9.59 Å². The van der Waals surface area contributed by atoms with Crippen LogP contribution in [-0.2, 0) is 25.8 Å². The van der Waals surface area contributed by atoms with E-state index in [-0.39, 0.29) is 34.9 Å². The topological polar surface area (TPSA) is 74.8 Å². The summed E-state index contributed by atoms with van der Waals surface area (Å²) in [5.74, 6) is -0.463. The number of carbonyl (C=O) groups is 2. The molecule has 0 radical (unpaired) electrons. The van der Waals surface area contributed by atoms with Gasteiger partial charge in [0.05, 0.1) is 10.6 Å². The summed E-state index contributed by atoms with van der Waals surface area (Å²) in [6.45, 7) is 8.92. The zero-order chi connectivity index (χ0) is 22.5. The maximum Gasteiger partial charge on any atom is 0.224 e. The molecule has 2 amide bonds. The Labute approximate surface area is 189 Å². The van der Waals surface area contributed by atoms with Gasteiger partial charge in [-0.05, 0) is 59.8 Å². The summed E-state index contributed by atoms with van der Waals surface area (Å²) >= 11 is 3.39. The van der Waals surface area contributed by atoms with Gasteiger partial charge in [0.1, 0.15) is 0 Å². The van der Waals surface area contributed by atoms with Crippen LogP contribution in [0.1, 0.15) is 65.4 Å².